The van der Waals surface area contributed by atoms with Gasteiger partial charge in [0.25, 0.3) is 0 Å². The van der Waals surface area contributed by atoms with Crippen LogP contribution in [0, 0.1) is 77.9 Å². The number of nitrogens with zero attached hydrogens (tertiary/aromatic N) is 2. The average molecular weight is 1180 g/mol. The van der Waals surface area contributed by atoms with Gasteiger partial charge in [-0.1, -0.05) is 158 Å². The fourth-order valence-electron chi connectivity index (χ4n) is 26.8. The van der Waals surface area contributed by atoms with Crippen molar-refractivity contribution in [2.24, 2.45) is 71.0 Å². The van der Waals surface area contributed by atoms with Gasteiger partial charge in [0.05, 0.1) is 22.7 Å². The maximum Gasteiger partial charge on any atom is 0.0543 e. The highest BCUT2D eigenvalue weighted by Crippen LogP contribution is 2.74. The lowest BCUT2D eigenvalue weighted by Crippen LogP contribution is -2.55. The molecule has 0 heterocycles. The highest BCUT2D eigenvalue weighted by atomic mass is 15.2. The summed E-state index contributed by atoms with van der Waals surface area (Å²) in [6, 6.07) is 81.7. The number of hydrogen-bond donors (Lipinski definition) is 0. The van der Waals surface area contributed by atoms with Crippen LogP contribution in [0.5, 0.6) is 0 Å². The van der Waals surface area contributed by atoms with Gasteiger partial charge in [0.15, 0.2) is 0 Å². The normalized spacial score (nSPS) is 32.8. The Morgan fingerprint density at radius 1 is 0.286 bits per heavy atom. The fraction of sp³-hybridized carbons (Fsp3) is 0.348. The molecule has 15 aliphatic carbocycles. The Bertz CT molecular complexity index is 4910. The van der Waals surface area contributed by atoms with Crippen molar-refractivity contribution < 1.29 is 0 Å². The van der Waals surface area contributed by atoms with E-state index in [1.165, 1.54) is 202 Å². The largest absolute Gasteiger partial charge is 0.310 e. The predicted octanol–water partition coefficient (Wildman–Crippen LogP) is 23.0. The van der Waals surface area contributed by atoms with Crippen LogP contribution in [0.25, 0.3) is 65.7 Å². The van der Waals surface area contributed by atoms with Crippen molar-refractivity contribution in [2.75, 3.05) is 9.80 Å². The smallest absolute Gasteiger partial charge is 0.0543 e. The second-order valence-corrected chi connectivity index (χ2v) is 32.3. The summed E-state index contributed by atoms with van der Waals surface area (Å²) in [5.74, 6) is 9.49. The number of fused-ring (bicyclic) bond motifs is 9. The van der Waals surface area contributed by atoms with Gasteiger partial charge in [-0.3, -0.25) is 0 Å². The molecule has 12 fully saturated rings. The highest BCUT2D eigenvalue weighted by Gasteiger charge is 2.65. The third-order valence-electron chi connectivity index (χ3n) is 28.8. The molecule has 15 aliphatic rings. The molecule has 11 aromatic carbocycles. The summed E-state index contributed by atoms with van der Waals surface area (Å²) in [7, 11) is 0. The molecule has 91 heavy (non-hydrogen) atoms. The summed E-state index contributed by atoms with van der Waals surface area (Å²) >= 11 is 0. The van der Waals surface area contributed by atoms with Crippen LogP contribution in [0.3, 0.4) is 0 Å². The van der Waals surface area contributed by atoms with Crippen molar-refractivity contribution in [3.8, 4) is 33.4 Å². The van der Waals surface area contributed by atoms with E-state index < -0.39 is 0 Å². The molecular weight excluding hydrogens is 1100 g/mol. The van der Waals surface area contributed by atoms with Crippen LogP contribution in [0.2, 0.25) is 0 Å². The van der Waals surface area contributed by atoms with Gasteiger partial charge in [-0.05, 0) is 305 Å². The summed E-state index contributed by atoms with van der Waals surface area (Å²) in [4.78, 5) is 5.56. The minimum absolute atomic E-state index is 0.0203. The Balaban J connectivity index is 0.768. The molecule has 2 heteroatoms. The van der Waals surface area contributed by atoms with E-state index in [2.05, 4.69) is 217 Å². The van der Waals surface area contributed by atoms with Crippen LogP contribution in [0.1, 0.15) is 135 Å². The highest BCUT2D eigenvalue weighted by molar-refractivity contribution is 6.28. The van der Waals surface area contributed by atoms with Crippen molar-refractivity contribution in [3.63, 3.8) is 0 Å². The first-order chi connectivity index (χ1) is 44.9. The number of para-hydroxylation sites is 1. The molecule has 0 aromatic heterocycles. The van der Waals surface area contributed by atoms with Gasteiger partial charge in [0.1, 0.15) is 0 Å². The standard InChI is InChI=1S/C89H78N2/c1-50-12-2-9-21-78(50)91(81-22-11-20-77-85(81)69-15-5-8-19-75(69)88(77)61-41-53-35-54(43-61)44-62(88)42-53)80-33-27-58-24-29-70-79(32-26-57-25-30-71(80)84(58)83(57)70)90(65-28-31-76-72(49-65)67-14-4-6-17-73(67)87(76)59-37-51-34-52(39-59)40-60(87)38-51)82-23-10-16-68-66-13-3-7-18-74(66)89(86(68)82)63-45-55-36-56(47-63)48-64(89)46-55/h2-33,49,51-56,59-64H,34-48H2,1H3. The van der Waals surface area contributed by atoms with Crippen LogP contribution in [-0.4, -0.2) is 0 Å². The van der Waals surface area contributed by atoms with Crippen LogP contribution in [0.4, 0.5) is 34.1 Å². The van der Waals surface area contributed by atoms with E-state index in [0.29, 0.717) is 23.7 Å². The first kappa shape index (κ1) is 50.7. The van der Waals surface area contributed by atoms with Crippen LogP contribution in [-0.2, 0) is 16.2 Å². The first-order valence-electron chi connectivity index (χ1n) is 36.0. The number of benzene rings is 11. The van der Waals surface area contributed by atoms with E-state index in [9.17, 15) is 0 Å². The van der Waals surface area contributed by atoms with Crippen molar-refractivity contribution >= 4 is 66.4 Å². The molecule has 0 atom stereocenters. The van der Waals surface area contributed by atoms with Crippen molar-refractivity contribution in [1.82, 2.24) is 0 Å². The maximum atomic E-state index is 2.85. The van der Waals surface area contributed by atoms with Gasteiger partial charge in [0, 0.05) is 44.0 Å². The quantitative estimate of drug-likeness (QED) is 0.153. The third-order valence-corrected chi connectivity index (χ3v) is 28.8. The van der Waals surface area contributed by atoms with Gasteiger partial charge in [-0.25, -0.2) is 0 Å². The number of anilines is 6. The molecule has 2 nitrogen and oxygen atoms in total. The zero-order valence-corrected chi connectivity index (χ0v) is 52.5. The molecule has 0 unspecified atom stereocenters. The molecule has 26 rings (SSSR count). The van der Waals surface area contributed by atoms with E-state index in [0.717, 1.165) is 47.3 Å². The summed E-state index contributed by atoms with van der Waals surface area (Å²) in [6.07, 6.45) is 20.9. The van der Waals surface area contributed by atoms with E-state index in [4.69, 9.17) is 0 Å². The number of aryl methyl sites for hydroxylation is 1. The minimum Gasteiger partial charge on any atom is -0.310 e. The Morgan fingerprint density at radius 2 is 0.692 bits per heavy atom. The maximum absolute atomic E-state index is 2.85. The Kier molecular flexibility index (Phi) is 9.80. The Morgan fingerprint density at radius 3 is 1.27 bits per heavy atom. The monoisotopic (exact) mass is 1170 g/mol. The van der Waals surface area contributed by atoms with Crippen LogP contribution in [0.15, 0.2) is 200 Å². The fourth-order valence-corrected chi connectivity index (χ4v) is 26.8. The van der Waals surface area contributed by atoms with E-state index >= 15 is 0 Å². The zero-order chi connectivity index (χ0) is 59.0. The lowest BCUT2D eigenvalue weighted by atomic mass is 9.43. The minimum atomic E-state index is -0.0203. The van der Waals surface area contributed by atoms with Gasteiger partial charge in [-0.2, -0.15) is 0 Å². The molecule has 0 saturated heterocycles. The van der Waals surface area contributed by atoms with Crippen molar-refractivity contribution in [2.45, 2.75) is 119 Å². The summed E-state index contributed by atoms with van der Waals surface area (Å²) in [5.41, 5.74) is 27.9. The molecule has 0 radical (unpaired) electrons. The summed E-state index contributed by atoms with van der Waals surface area (Å²) in [6.45, 7) is 2.34. The second-order valence-electron chi connectivity index (χ2n) is 32.3. The molecule has 12 saturated carbocycles. The molecule has 3 spiro atoms. The zero-order valence-electron chi connectivity index (χ0n) is 52.5. The van der Waals surface area contributed by atoms with E-state index in [1.54, 1.807) is 33.4 Å². The van der Waals surface area contributed by atoms with Gasteiger partial charge >= 0.3 is 0 Å². The molecular formula is C89H78N2. The Labute approximate surface area is 536 Å². The average Bonchev–Trinajstić information content (AvgIpc) is 1.57. The topological polar surface area (TPSA) is 6.48 Å². The molecule has 0 N–H and O–H groups in total. The van der Waals surface area contributed by atoms with E-state index in [-0.39, 0.29) is 16.2 Å². The Hall–Kier alpha value is -7.94. The molecule has 11 aromatic rings. The lowest BCUT2D eigenvalue weighted by molar-refractivity contribution is -0.0399. The van der Waals surface area contributed by atoms with Crippen LogP contribution < -0.4 is 9.80 Å². The summed E-state index contributed by atoms with van der Waals surface area (Å²) in [5, 5.41) is 8.01. The first-order valence-corrected chi connectivity index (χ1v) is 36.0. The number of hydrogen-bond acceptors (Lipinski definition) is 2. The predicted molar refractivity (Wildman–Crippen MR) is 374 cm³/mol. The SMILES string of the molecule is Cc1ccccc1N(c1cccc2c1-c1ccccc1C21C2CC3CC(C2)CC1C3)c1ccc2ccc3c(N(c4ccc5c(c4)-c4ccccc4C54C5CC6CC(C5)CC4C6)c4cccc5c4C4(c6ccccc6-5)C5CC6CC(C5)CC4C6)ccc4ccc1c2c43. The van der Waals surface area contributed by atoms with Crippen LogP contribution >= 0.6 is 0 Å². The lowest BCUT2D eigenvalue weighted by Gasteiger charge is -2.61. The van der Waals surface area contributed by atoms with Gasteiger partial charge < -0.3 is 9.80 Å². The molecule has 444 valence electrons. The molecule has 0 amide bonds. The summed E-state index contributed by atoms with van der Waals surface area (Å²) < 4.78 is 0. The van der Waals surface area contributed by atoms with Crippen molar-refractivity contribution in [1.29, 1.82) is 0 Å². The third kappa shape index (κ3) is 6.12. The van der Waals surface area contributed by atoms with Crippen molar-refractivity contribution in [3.05, 3.63) is 239 Å². The van der Waals surface area contributed by atoms with E-state index in [1.807, 2.05) is 0 Å². The van der Waals surface area contributed by atoms with Gasteiger partial charge in [-0.15, -0.1) is 0 Å². The number of rotatable bonds is 6. The molecule has 12 bridgehead atoms. The second kappa shape index (κ2) is 17.6. The molecule has 0 aliphatic heterocycles. The van der Waals surface area contributed by atoms with Gasteiger partial charge in [0.2, 0.25) is 0 Å².